The fourth-order valence-corrected chi connectivity index (χ4v) is 4.05. The molecule has 2 aromatic rings. The molecule has 0 spiro atoms. The first kappa shape index (κ1) is 22.0. The largest absolute Gasteiger partial charge is 0.416 e. The van der Waals surface area contributed by atoms with Crippen LogP contribution in [0.15, 0.2) is 48.5 Å². The van der Waals surface area contributed by atoms with Crippen molar-refractivity contribution in [2.75, 3.05) is 55.6 Å². The summed E-state index contributed by atoms with van der Waals surface area (Å²) in [5.74, 6) is -0.146. The molecule has 6 nitrogen and oxygen atoms in total. The molecule has 32 heavy (non-hydrogen) atoms. The van der Waals surface area contributed by atoms with Gasteiger partial charge in [0.2, 0.25) is 5.91 Å². The first-order valence-electron chi connectivity index (χ1n) is 10.6. The van der Waals surface area contributed by atoms with Crippen LogP contribution in [0.4, 0.5) is 29.3 Å². The summed E-state index contributed by atoms with van der Waals surface area (Å²) in [5.41, 5.74) is 1.73. The van der Waals surface area contributed by atoms with Crippen LogP contribution < -0.4 is 9.80 Å². The van der Waals surface area contributed by atoms with Crippen molar-refractivity contribution in [1.29, 1.82) is 0 Å². The van der Waals surface area contributed by atoms with E-state index in [1.54, 1.807) is 20.8 Å². The second-order valence-electron chi connectivity index (χ2n) is 8.11. The molecule has 2 fully saturated rings. The number of urea groups is 1. The number of anilines is 2. The Morgan fingerprint density at radius 2 is 1.59 bits per heavy atom. The lowest BCUT2D eigenvalue weighted by Gasteiger charge is -2.37. The summed E-state index contributed by atoms with van der Waals surface area (Å²) in [7, 11) is 0. The molecule has 3 amide bonds. The van der Waals surface area contributed by atoms with Crippen molar-refractivity contribution in [1.82, 2.24) is 9.80 Å². The average Bonchev–Trinajstić information content (AvgIpc) is 3.14. The van der Waals surface area contributed by atoms with Gasteiger partial charge in [-0.1, -0.05) is 23.8 Å². The fraction of sp³-hybridized carbons (Fsp3) is 0.391. The lowest BCUT2D eigenvalue weighted by molar-refractivity contribution is -0.137. The summed E-state index contributed by atoms with van der Waals surface area (Å²) in [6.45, 7) is 4.67. The van der Waals surface area contributed by atoms with Crippen molar-refractivity contribution >= 4 is 23.3 Å². The van der Waals surface area contributed by atoms with E-state index in [1.165, 1.54) is 6.07 Å². The fourth-order valence-electron chi connectivity index (χ4n) is 4.05. The molecule has 0 radical (unpaired) electrons. The summed E-state index contributed by atoms with van der Waals surface area (Å²) in [4.78, 5) is 32.2. The molecule has 0 N–H and O–H groups in total. The van der Waals surface area contributed by atoms with Gasteiger partial charge in [0.1, 0.15) is 6.54 Å². The first-order valence-corrected chi connectivity index (χ1v) is 10.6. The molecule has 2 aliphatic rings. The third-order valence-electron chi connectivity index (χ3n) is 5.94. The van der Waals surface area contributed by atoms with Crippen molar-refractivity contribution < 1.29 is 22.8 Å². The van der Waals surface area contributed by atoms with Gasteiger partial charge >= 0.3 is 12.2 Å². The molecule has 170 valence electrons. The summed E-state index contributed by atoms with van der Waals surface area (Å²) < 4.78 is 38.9. The molecule has 2 saturated heterocycles. The Bertz CT molecular complexity index is 985. The Kier molecular flexibility index (Phi) is 5.99. The molecule has 2 heterocycles. The number of nitrogens with zero attached hydrogens (tertiary/aromatic N) is 4. The maximum absolute atomic E-state index is 13.0. The van der Waals surface area contributed by atoms with Gasteiger partial charge in [-0.15, -0.1) is 0 Å². The summed E-state index contributed by atoms with van der Waals surface area (Å²) in [6.07, 6.45) is -4.39. The minimum Gasteiger partial charge on any atom is -0.368 e. The van der Waals surface area contributed by atoms with E-state index >= 15 is 0 Å². The number of alkyl halides is 3. The van der Waals surface area contributed by atoms with E-state index in [4.69, 9.17) is 0 Å². The van der Waals surface area contributed by atoms with Gasteiger partial charge in [-0.25, -0.2) is 4.79 Å². The quantitative estimate of drug-likeness (QED) is 0.721. The van der Waals surface area contributed by atoms with Crippen LogP contribution in [0.1, 0.15) is 11.1 Å². The number of amides is 3. The molecule has 0 atom stereocenters. The van der Waals surface area contributed by atoms with E-state index < -0.39 is 11.7 Å². The van der Waals surface area contributed by atoms with E-state index in [1.807, 2.05) is 36.1 Å². The summed E-state index contributed by atoms with van der Waals surface area (Å²) in [5, 5.41) is 0. The number of benzene rings is 2. The summed E-state index contributed by atoms with van der Waals surface area (Å²) in [6, 6.07) is 12.7. The van der Waals surface area contributed by atoms with E-state index in [2.05, 4.69) is 0 Å². The van der Waals surface area contributed by atoms with Crippen LogP contribution in [0.3, 0.4) is 0 Å². The summed E-state index contributed by atoms with van der Waals surface area (Å²) >= 11 is 0. The smallest absolute Gasteiger partial charge is 0.368 e. The highest BCUT2D eigenvalue weighted by molar-refractivity contribution is 5.96. The molecular formula is C23H25F3N4O2. The highest BCUT2D eigenvalue weighted by atomic mass is 19.4. The van der Waals surface area contributed by atoms with Crippen LogP contribution in [-0.4, -0.2) is 67.6 Å². The van der Waals surface area contributed by atoms with Crippen LogP contribution in [0, 0.1) is 6.92 Å². The van der Waals surface area contributed by atoms with E-state index in [0.717, 1.165) is 23.4 Å². The third kappa shape index (κ3) is 4.66. The standard InChI is InChI=1S/C23H25F3N4O2/c1-17-5-7-19(8-6-17)30-14-13-29(22(30)32)16-21(31)28-11-9-27(10-12-28)20-4-2-3-18(15-20)23(24,25)26/h2-8,15H,9-14,16H2,1H3. The van der Waals surface area contributed by atoms with Crippen molar-refractivity contribution in [2.45, 2.75) is 13.1 Å². The number of rotatable bonds is 4. The van der Waals surface area contributed by atoms with Crippen molar-refractivity contribution in [3.05, 3.63) is 59.7 Å². The van der Waals surface area contributed by atoms with Crippen molar-refractivity contribution in [3.63, 3.8) is 0 Å². The predicted molar refractivity (Wildman–Crippen MR) is 116 cm³/mol. The Labute approximate surface area is 184 Å². The minimum atomic E-state index is -4.39. The number of hydrogen-bond donors (Lipinski definition) is 0. The molecule has 9 heteroatoms. The Morgan fingerprint density at radius 3 is 2.25 bits per heavy atom. The molecular weight excluding hydrogens is 421 g/mol. The molecule has 0 aliphatic carbocycles. The lowest BCUT2D eigenvalue weighted by atomic mass is 10.1. The van der Waals surface area contributed by atoms with Gasteiger partial charge in [0, 0.05) is 50.6 Å². The average molecular weight is 446 g/mol. The second-order valence-corrected chi connectivity index (χ2v) is 8.11. The predicted octanol–water partition coefficient (Wildman–Crippen LogP) is 3.60. The first-order chi connectivity index (χ1) is 15.2. The highest BCUT2D eigenvalue weighted by Crippen LogP contribution is 2.32. The van der Waals surface area contributed by atoms with Gasteiger partial charge < -0.3 is 14.7 Å². The van der Waals surface area contributed by atoms with Crippen LogP contribution in [-0.2, 0) is 11.0 Å². The minimum absolute atomic E-state index is 0.00472. The molecule has 4 rings (SSSR count). The van der Waals surface area contributed by atoms with Crippen molar-refractivity contribution in [2.24, 2.45) is 0 Å². The van der Waals surface area contributed by atoms with Gasteiger partial charge in [0.05, 0.1) is 5.56 Å². The zero-order valence-corrected chi connectivity index (χ0v) is 17.8. The monoisotopic (exact) mass is 446 g/mol. The lowest BCUT2D eigenvalue weighted by Crippen LogP contribution is -2.51. The normalized spacial score (nSPS) is 17.3. The van der Waals surface area contributed by atoms with Gasteiger partial charge in [-0.3, -0.25) is 9.69 Å². The van der Waals surface area contributed by atoms with Crippen LogP contribution in [0.2, 0.25) is 0 Å². The number of halogens is 3. The zero-order valence-electron chi connectivity index (χ0n) is 17.8. The molecule has 0 saturated carbocycles. The molecule has 0 aromatic heterocycles. The Hall–Kier alpha value is -3.23. The van der Waals surface area contributed by atoms with Crippen LogP contribution >= 0.6 is 0 Å². The van der Waals surface area contributed by atoms with Crippen molar-refractivity contribution in [3.8, 4) is 0 Å². The number of carbonyl (C=O) groups excluding carboxylic acids is 2. The topological polar surface area (TPSA) is 47.1 Å². The van der Waals surface area contributed by atoms with Crippen LogP contribution in [0.5, 0.6) is 0 Å². The van der Waals surface area contributed by atoms with E-state index in [-0.39, 0.29) is 18.5 Å². The second kappa shape index (κ2) is 8.72. The third-order valence-corrected chi connectivity index (χ3v) is 5.94. The van der Waals surface area contributed by atoms with Crippen LogP contribution in [0.25, 0.3) is 0 Å². The molecule has 2 aliphatic heterocycles. The number of hydrogen-bond acceptors (Lipinski definition) is 3. The van der Waals surface area contributed by atoms with Gasteiger partial charge in [-0.05, 0) is 37.3 Å². The number of aryl methyl sites for hydroxylation is 1. The van der Waals surface area contributed by atoms with Gasteiger partial charge in [-0.2, -0.15) is 13.2 Å². The molecule has 2 aromatic carbocycles. The Balaban J connectivity index is 1.31. The number of piperazine rings is 1. The maximum Gasteiger partial charge on any atom is 0.416 e. The molecule has 0 unspecified atom stereocenters. The highest BCUT2D eigenvalue weighted by Gasteiger charge is 2.33. The van der Waals surface area contributed by atoms with Gasteiger partial charge in [0.25, 0.3) is 0 Å². The SMILES string of the molecule is Cc1ccc(N2CCN(CC(=O)N3CCN(c4cccc(C(F)(F)F)c4)CC3)C2=O)cc1. The van der Waals surface area contributed by atoms with E-state index in [9.17, 15) is 22.8 Å². The zero-order chi connectivity index (χ0) is 22.9. The Morgan fingerprint density at radius 1 is 0.906 bits per heavy atom. The maximum atomic E-state index is 13.0. The van der Waals surface area contributed by atoms with Gasteiger partial charge in [0.15, 0.2) is 0 Å². The molecule has 0 bridgehead atoms. The van der Waals surface area contributed by atoms with E-state index in [0.29, 0.717) is 45.0 Å². The number of carbonyl (C=O) groups is 2.